The number of benzene rings is 1. The minimum absolute atomic E-state index is 0.272. The highest BCUT2D eigenvalue weighted by Crippen LogP contribution is 2.40. The molecule has 1 aliphatic carbocycles. The van der Waals surface area contributed by atoms with Crippen molar-refractivity contribution in [2.45, 2.75) is 25.1 Å². The van der Waals surface area contributed by atoms with Gasteiger partial charge in [-0.2, -0.15) is 13.2 Å². The number of non-ortho nitro benzene ring substituents is 1. The maximum absolute atomic E-state index is 12.9. The van der Waals surface area contributed by atoms with Crippen LogP contribution in [0.3, 0.4) is 0 Å². The molecule has 1 saturated carbocycles. The second kappa shape index (κ2) is 5.88. The first-order chi connectivity index (χ1) is 9.81. The number of hydrogen-bond acceptors (Lipinski definition) is 4. The number of ether oxygens (including phenoxy) is 1. The van der Waals surface area contributed by atoms with Crippen molar-refractivity contribution in [1.29, 1.82) is 0 Å². The van der Waals surface area contributed by atoms with Gasteiger partial charge in [-0.15, -0.1) is 0 Å². The maximum Gasteiger partial charge on any atom is 0.420 e. The van der Waals surface area contributed by atoms with E-state index in [1.54, 1.807) is 0 Å². The van der Waals surface area contributed by atoms with Gasteiger partial charge in [0.1, 0.15) is 11.3 Å². The maximum atomic E-state index is 12.9. The van der Waals surface area contributed by atoms with E-state index in [1.165, 1.54) is 0 Å². The smallest absolute Gasteiger partial charge is 0.420 e. The Morgan fingerprint density at radius 1 is 1.43 bits per heavy atom. The first-order valence-electron chi connectivity index (χ1n) is 6.48. The predicted octanol–water partition coefficient (Wildman–Crippen LogP) is 2.99. The van der Waals surface area contributed by atoms with Gasteiger partial charge < -0.3 is 10.1 Å². The van der Waals surface area contributed by atoms with Crippen LogP contribution >= 0.6 is 0 Å². The van der Waals surface area contributed by atoms with E-state index in [-0.39, 0.29) is 11.9 Å². The third-order valence-electron chi connectivity index (χ3n) is 3.46. The van der Waals surface area contributed by atoms with E-state index in [0.29, 0.717) is 24.8 Å². The van der Waals surface area contributed by atoms with Crippen molar-refractivity contribution < 1.29 is 22.8 Å². The van der Waals surface area contributed by atoms with E-state index in [2.05, 4.69) is 5.32 Å². The Morgan fingerprint density at radius 3 is 2.62 bits per heavy atom. The van der Waals surface area contributed by atoms with E-state index < -0.39 is 22.4 Å². The van der Waals surface area contributed by atoms with Crippen molar-refractivity contribution >= 4 is 5.69 Å². The molecule has 21 heavy (non-hydrogen) atoms. The van der Waals surface area contributed by atoms with Gasteiger partial charge in [0, 0.05) is 12.1 Å². The number of hydrogen-bond donors (Lipinski definition) is 1. The zero-order valence-corrected chi connectivity index (χ0v) is 11.3. The molecule has 0 aliphatic heterocycles. The van der Waals surface area contributed by atoms with Crippen LogP contribution in [0.2, 0.25) is 0 Å². The average molecular weight is 304 g/mol. The summed E-state index contributed by atoms with van der Waals surface area (Å²) in [6.45, 7) is 0.798. The van der Waals surface area contributed by atoms with Crippen LogP contribution in [-0.2, 0) is 6.18 Å². The molecule has 0 saturated heterocycles. The van der Waals surface area contributed by atoms with Crippen molar-refractivity contribution in [2.24, 2.45) is 5.92 Å². The molecule has 0 radical (unpaired) electrons. The van der Waals surface area contributed by atoms with Gasteiger partial charge in [-0.25, -0.2) is 0 Å². The van der Waals surface area contributed by atoms with Crippen LogP contribution in [0.25, 0.3) is 0 Å². The second-order valence-electron chi connectivity index (χ2n) is 5.07. The Bertz CT molecular complexity index is 528. The van der Waals surface area contributed by atoms with Crippen LogP contribution in [0.1, 0.15) is 18.4 Å². The fourth-order valence-corrected chi connectivity index (χ4v) is 2.36. The van der Waals surface area contributed by atoms with Gasteiger partial charge in [0.05, 0.1) is 11.0 Å². The van der Waals surface area contributed by atoms with Crippen LogP contribution in [0, 0.1) is 16.0 Å². The number of alkyl halides is 3. The van der Waals surface area contributed by atoms with Gasteiger partial charge in [0.25, 0.3) is 5.69 Å². The molecule has 0 heterocycles. The molecular weight excluding hydrogens is 289 g/mol. The first-order valence-corrected chi connectivity index (χ1v) is 6.48. The van der Waals surface area contributed by atoms with Crippen LogP contribution in [-0.4, -0.2) is 24.6 Å². The van der Waals surface area contributed by atoms with E-state index in [1.807, 2.05) is 7.05 Å². The van der Waals surface area contributed by atoms with Crippen molar-refractivity contribution in [3.8, 4) is 5.75 Å². The number of nitrogens with zero attached hydrogens (tertiary/aromatic N) is 1. The summed E-state index contributed by atoms with van der Waals surface area (Å²) >= 11 is 0. The Morgan fingerprint density at radius 2 is 2.10 bits per heavy atom. The third-order valence-corrected chi connectivity index (χ3v) is 3.46. The number of halogens is 3. The van der Waals surface area contributed by atoms with E-state index >= 15 is 0 Å². The van der Waals surface area contributed by atoms with Crippen LogP contribution in [0.15, 0.2) is 18.2 Å². The van der Waals surface area contributed by atoms with Crippen molar-refractivity contribution in [1.82, 2.24) is 5.32 Å². The normalized spacial score (nSPS) is 21.7. The lowest BCUT2D eigenvalue weighted by Crippen LogP contribution is -2.39. The SMILES string of the molecule is CNCC1CC(Oc2ccc([N+](=O)[O-])cc2C(F)(F)F)C1. The Kier molecular flexibility index (Phi) is 4.36. The molecule has 1 aromatic rings. The van der Waals surface area contributed by atoms with Gasteiger partial charge in [0.2, 0.25) is 0 Å². The average Bonchev–Trinajstić information content (AvgIpc) is 2.35. The first kappa shape index (κ1) is 15.6. The summed E-state index contributed by atoms with van der Waals surface area (Å²) in [5, 5.41) is 13.6. The predicted molar refractivity (Wildman–Crippen MR) is 69.2 cm³/mol. The summed E-state index contributed by atoms with van der Waals surface area (Å²) < 4.78 is 44.2. The van der Waals surface area contributed by atoms with E-state index in [9.17, 15) is 23.3 Å². The monoisotopic (exact) mass is 304 g/mol. The van der Waals surface area contributed by atoms with E-state index in [0.717, 1.165) is 18.7 Å². The summed E-state index contributed by atoms with van der Waals surface area (Å²) in [5.74, 6) is 0.0494. The summed E-state index contributed by atoms with van der Waals surface area (Å²) in [6, 6.07) is 2.56. The van der Waals surface area contributed by atoms with Crippen molar-refractivity contribution in [3.63, 3.8) is 0 Å². The van der Waals surface area contributed by atoms with Crippen LogP contribution in [0.4, 0.5) is 18.9 Å². The zero-order valence-electron chi connectivity index (χ0n) is 11.3. The minimum atomic E-state index is -4.69. The largest absolute Gasteiger partial charge is 0.490 e. The molecule has 116 valence electrons. The summed E-state index contributed by atoms with van der Waals surface area (Å²) in [4.78, 5) is 9.73. The van der Waals surface area contributed by atoms with Crippen LogP contribution in [0.5, 0.6) is 5.75 Å². The second-order valence-corrected chi connectivity index (χ2v) is 5.07. The highest BCUT2D eigenvalue weighted by atomic mass is 19.4. The standard InChI is InChI=1S/C13H15F3N2O3/c1-17-7-8-4-10(5-8)21-12-3-2-9(18(19)20)6-11(12)13(14,15)16/h2-3,6,8,10,17H,4-5,7H2,1H3. The molecule has 1 fully saturated rings. The zero-order chi connectivity index (χ0) is 15.6. The fourth-order valence-electron chi connectivity index (χ4n) is 2.36. The number of rotatable bonds is 5. The minimum Gasteiger partial charge on any atom is -0.490 e. The molecule has 8 heteroatoms. The molecular formula is C13H15F3N2O3. The molecule has 0 spiro atoms. The quantitative estimate of drug-likeness (QED) is 0.671. The lowest BCUT2D eigenvalue weighted by atomic mass is 9.82. The summed E-state index contributed by atoms with van der Waals surface area (Å²) in [5.41, 5.74) is -1.70. The molecule has 0 unspecified atom stereocenters. The molecule has 1 aromatic carbocycles. The Balaban J connectivity index is 2.14. The van der Waals surface area contributed by atoms with Crippen molar-refractivity contribution in [2.75, 3.05) is 13.6 Å². The summed E-state index contributed by atoms with van der Waals surface area (Å²) in [6.07, 6.45) is -3.61. The third kappa shape index (κ3) is 3.63. The van der Waals surface area contributed by atoms with Gasteiger partial charge in [0.15, 0.2) is 0 Å². The highest BCUT2D eigenvalue weighted by Gasteiger charge is 2.38. The molecule has 0 atom stereocenters. The van der Waals surface area contributed by atoms with Gasteiger partial charge >= 0.3 is 6.18 Å². The summed E-state index contributed by atoms with van der Waals surface area (Å²) in [7, 11) is 1.81. The fraction of sp³-hybridized carbons (Fsp3) is 0.538. The molecule has 0 amide bonds. The molecule has 1 aliphatic rings. The van der Waals surface area contributed by atoms with Gasteiger partial charge in [-0.3, -0.25) is 10.1 Å². The van der Waals surface area contributed by atoms with Crippen LogP contribution < -0.4 is 10.1 Å². The van der Waals surface area contributed by atoms with Gasteiger partial charge in [-0.1, -0.05) is 0 Å². The molecule has 5 nitrogen and oxygen atoms in total. The Hall–Kier alpha value is -1.83. The highest BCUT2D eigenvalue weighted by molar-refractivity contribution is 5.45. The molecule has 0 aromatic heterocycles. The van der Waals surface area contributed by atoms with E-state index in [4.69, 9.17) is 4.74 Å². The number of nitro benzene ring substituents is 1. The molecule has 0 bridgehead atoms. The number of nitro groups is 1. The topological polar surface area (TPSA) is 64.4 Å². The van der Waals surface area contributed by atoms with Gasteiger partial charge in [-0.05, 0) is 38.4 Å². The number of nitrogens with one attached hydrogen (secondary N) is 1. The Labute approximate surface area is 119 Å². The van der Waals surface area contributed by atoms with Crippen molar-refractivity contribution in [3.05, 3.63) is 33.9 Å². The molecule has 1 N–H and O–H groups in total. The lowest BCUT2D eigenvalue weighted by Gasteiger charge is -2.35. The molecule has 2 rings (SSSR count). The lowest BCUT2D eigenvalue weighted by molar-refractivity contribution is -0.385.